The van der Waals surface area contributed by atoms with Gasteiger partial charge in [0.15, 0.2) is 0 Å². The summed E-state index contributed by atoms with van der Waals surface area (Å²) in [6.45, 7) is 14.0. The maximum absolute atomic E-state index is 12.5. The molecule has 1 unspecified atom stereocenters. The van der Waals surface area contributed by atoms with E-state index in [0.29, 0.717) is 18.0 Å². The Morgan fingerprint density at radius 2 is 1.74 bits per heavy atom. The van der Waals surface area contributed by atoms with Crippen molar-refractivity contribution in [1.29, 1.82) is 0 Å². The molecule has 4 nitrogen and oxygen atoms in total. The molecule has 0 bridgehead atoms. The van der Waals surface area contributed by atoms with Gasteiger partial charge in [-0.1, -0.05) is 13.8 Å². The Labute approximate surface area is 117 Å². The van der Waals surface area contributed by atoms with Crippen LogP contribution in [0, 0.1) is 5.92 Å². The lowest BCUT2D eigenvalue weighted by Crippen LogP contribution is -2.42. The molecule has 1 atom stereocenters. The molecular formula is C15H29N3O. The molecule has 0 aliphatic carbocycles. The molecule has 4 heteroatoms. The molecular weight excluding hydrogens is 238 g/mol. The summed E-state index contributed by atoms with van der Waals surface area (Å²) >= 11 is 0. The minimum atomic E-state index is 0.243. The molecule has 0 aromatic rings. The second-order valence-electron chi connectivity index (χ2n) is 6.59. The number of rotatable bonds is 5. The van der Waals surface area contributed by atoms with Gasteiger partial charge in [-0.2, -0.15) is 0 Å². The van der Waals surface area contributed by atoms with Crippen LogP contribution in [0.3, 0.4) is 0 Å². The van der Waals surface area contributed by atoms with Gasteiger partial charge in [0.2, 0.25) is 0 Å². The molecule has 0 aromatic carbocycles. The van der Waals surface area contributed by atoms with Crippen LogP contribution in [0.2, 0.25) is 0 Å². The van der Waals surface area contributed by atoms with Crippen LogP contribution in [0.5, 0.6) is 0 Å². The van der Waals surface area contributed by atoms with Crippen LogP contribution in [0.15, 0.2) is 0 Å². The molecule has 2 aliphatic rings. The molecule has 0 saturated carbocycles. The van der Waals surface area contributed by atoms with Crippen LogP contribution >= 0.6 is 0 Å². The fourth-order valence-electron chi connectivity index (χ4n) is 3.29. The van der Waals surface area contributed by atoms with Crippen LogP contribution in [0.4, 0.5) is 4.79 Å². The summed E-state index contributed by atoms with van der Waals surface area (Å²) in [6, 6.07) is 0.927. The summed E-state index contributed by atoms with van der Waals surface area (Å²) in [7, 11) is 0. The lowest BCUT2D eigenvalue weighted by molar-refractivity contribution is 0.161. The molecule has 2 aliphatic heterocycles. The van der Waals surface area contributed by atoms with E-state index >= 15 is 0 Å². The van der Waals surface area contributed by atoms with E-state index in [2.05, 4.69) is 42.4 Å². The van der Waals surface area contributed by atoms with E-state index in [1.54, 1.807) is 0 Å². The maximum atomic E-state index is 12.5. The molecule has 0 spiro atoms. The smallest absolute Gasteiger partial charge is 0.320 e. The van der Waals surface area contributed by atoms with Crippen molar-refractivity contribution in [2.24, 2.45) is 5.92 Å². The third kappa shape index (κ3) is 3.22. The minimum Gasteiger partial charge on any atom is -0.321 e. The molecule has 2 rings (SSSR count). The van der Waals surface area contributed by atoms with E-state index in [0.717, 1.165) is 19.6 Å². The molecule has 2 heterocycles. The van der Waals surface area contributed by atoms with Crippen LogP contribution < -0.4 is 0 Å². The molecule has 110 valence electrons. The van der Waals surface area contributed by atoms with Crippen molar-refractivity contribution in [1.82, 2.24) is 14.7 Å². The van der Waals surface area contributed by atoms with E-state index < -0.39 is 0 Å². The third-order valence-corrected chi connectivity index (χ3v) is 4.47. The van der Waals surface area contributed by atoms with Gasteiger partial charge in [0.1, 0.15) is 0 Å². The first-order chi connectivity index (χ1) is 9.00. The Morgan fingerprint density at radius 3 is 2.21 bits per heavy atom. The maximum Gasteiger partial charge on any atom is 0.320 e. The normalized spacial score (nSPS) is 25.4. The van der Waals surface area contributed by atoms with Gasteiger partial charge in [0.25, 0.3) is 0 Å². The Morgan fingerprint density at radius 1 is 1.11 bits per heavy atom. The zero-order chi connectivity index (χ0) is 14.0. The van der Waals surface area contributed by atoms with E-state index in [-0.39, 0.29) is 6.03 Å². The first-order valence-electron chi connectivity index (χ1n) is 7.80. The summed E-state index contributed by atoms with van der Waals surface area (Å²) in [6.07, 6.45) is 2.64. The topological polar surface area (TPSA) is 26.8 Å². The summed E-state index contributed by atoms with van der Waals surface area (Å²) in [4.78, 5) is 19.1. The standard InChI is InChI=1S/C15H29N3O/c1-12(2)14-11-17(15(19)18(14)13(3)4)10-9-16-7-5-6-8-16/h12-14H,5-11H2,1-4H3. The predicted octanol–water partition coefficient (Wildman–Crippen LogP) is 2.25. The molecule has 2 saturated heterocycles. The van der Waals surface area contributed by atoms with Gasteiger partial charge in [-0.05, 0) is 45.7 Å². The van der Waals surface area contributed by atoms with Crippen LogP contribution in [0.25, 0.3) is 0 Å². The van der Waals surface area contributed by atoms with Crippen molar-refractivity contribution in [3.05, 3.63) is 0 Å². The largest absolute Gasteiger partial charge is 0.321 e. The SMILES string of the molecule is CC(C)C1CN(CCN2CCCC2)C(=O)N1C(C)C. The molecule has 0 N–H and O–H groups in total. The van der Waals surface area contributed by atoms with Gasteiger partial charge < -0.3 is 14.7 Å². The quantitative estimate of drug-likeness (QED) is 0.764. The van der Waals surface area contributed by atoms with Gasteiger partial charge in [-0.15, -0.1) is 0 Å². The molecule has 0 aromatic heterocycles. The van der Waals surface area contributed by atoms with Crippen molar-refractivity contribution in [2.45, 2.75) is 52.6 Å². The summed E-state index contributed by atoms with van der Waals surface area (Å²) < 4.78 is 0. The van der Waals surface area contributed by atoms with E-state index in [1.165, 1.54) is 25.9 Å². The van der Waals surface area contributed by atoms with Crippen LogP contribution in [-0.4, -0.2) is 65.5 Å². The second-order valence-corrected chi connectivity index (χ2v) is 6.59. The highest BCUT2D eigenvalue weighted by molar-refractivity contribution is 5.77. The number of nitrogens with zero attached hydrogens (tertiary/aromatic N) is 3. The molecule has 2 fully saturated rings. The monoisotopic (exact) mass is 267 g/mol. The average Bonchev–Trinajstić information content (AvgIpc) is 2.93. The first-order valence-corrected chi connectivity index (χ1v) is 7.80. The number of carbonyl (C=O) groups excluding carboxylic acids is 1. The number of urea groups is 1. The molecule has 0 radical (unpaired) electrons. The Bertz CT molecular complexity index is 311. The number of carbonyl (C=O) groups is 1. The highest BCUT2D eigenvalue weighted by Crippen LogP contribution is 2.24. The van der Waals surface area contributed by atoms with Crippen molar-refractivity contribution in [3.63, 3.8) is 0 Å². The van der Waals surface area contributed by atoms with Gasteiger partial charge in [-0.25, -0.2) is 4.79 Å². The number of likely N-dealkylation sites (tertiary alicyclic amines) is 1. The van der Waals surface area contributed by atoms with Crippen molar-refractivity contribution in [2.75, 3.05) is 32.7 Å². The zero-order valence-electron chi connectivity index (χ0n) is 12.9. The zero-order valence-corrected chi connectivity index (χ0v) is 12.9. The van der Waals surface area contributed by atoms with Gasteiger partial charge in [0.05, 0.1) is 6.04 Å². The Balaban J connectivity index is 1.92. The highest BCUT2D eigenvalue weighted by Gasteiger charge is 2.39. The van der Waals surface area contributed by atoms with Crippen molar-refractivity contribution < 1.29 is 4.79 Å². The summed E-state index contributed by atoms with van der Waals surface area (Å²) in [5, 5.41) is 0. The van der Waals surface area contributed by atoms with Crippen molar-refractivity contribution >= 4 is 6.03 Å². The fraction of sp³-hybridized carbons (Fsp3) is 0.933. The Hall–Kier alpha value is -0.770. The number of amides is 2. The lowest BCUT2D eigenvalue weighted by atomic mass is 10.0. The Kier molecular flexibility index (Phi) is 4.71. The second kappa shape index (κ2) is 6.12. The first kappa shape index (κ1) is 14.6. The van der Waals surface area contributed by atoms with Gasteiger partial charge >= 0.3 is 6.03 Å². The molecule has 2 amide bonds. The minimum absolute atomic E-state index is 0.243. The van der Waals surface area contributed by atoms with Crippen molar-refractivity contribution in [3.8, 4) is 0 Å². The van der Waals surface area contributed by atoms with E-state index in [9.17, 15) is 4.79 Å². The van der Waals surface area contributed by atoms with Gasteiger partial charge in [0, 0.05) is 25.7 Å². The van der Waals surface area contributed by atoms with E-state index in [1.807, 2.05) is 0 Å². The predicted molar refractivity (Wildman–Crippen MR) is 78.2 cm³/mol. The number of hydrogen-bond acceptors (Lipinski definition) is 2. The van der Waals surface area contributed by atoms with Crippen LogP contribution in [0.1, 0.15) is 40.5 Å². The fourth-order valence-corrected chi connectivity index (χ4v) is 3.29. The molecule has 19 heavy (non-hydrogen) atoms. The lowest BCUT2D eigenvalue weighted by Gasteiger charge is -2.29. The van der Waals surface area contributed by atoms with E-state index in [4.69, 9.17) is 0 Å². The average molecular weight is 267 g/mol. The summed E-state index contributed by atoms with van der Waals surface area (Å²) in [5.41, 5.74) is 0. The van der Waals surface area contributed by atoms with Gasteiger partial charge in [-0.3, -0.25) is 0 Å². The third-order valence-electron chi connectivity index (χ3n) is 4.47. The summed E-state index contributed by atoms with van der Waals surface area (Å²) in [5.74, 6) is 0.531. The number of hydrogen-bond donors (Lipinski definition) is 0. The van der Waals surface area contributed by atoms with Crippen LogP contribution in [-0.2, 0) is 0 Å². The highest BCUT2D eigenvalue weighted by atomic mass is 16.2.